The zero-order chi connectivity index (χ0) is 21.8. The Labute approximate surface area is 184 Å². The Morgan fingerprint density at radius 1 is 1.13 bits per heavy atom. The van der Waals surface area contributed by atoms with Gasteiger partial charge >= 0.3 is 0 Å². The molecule has 0 aliphatic carbocycles. The lowest BCUT2D eigenvalue weighted by Crippen LogP contribution is -2.44. The minimum absolute atomic E-state index is 0.211. The number of fused-ring (bicyclic) bond motifs is 1. The van der Waals surface area contributed by atoms with Gasteiger partial charge in [-0.25, -0.2) is 4.98 Å². The monoisotopic (exact) mass is 422 g/mol. The van der Waals surface area contributed by atoms with E-state index in [1.807, 2.05) is 44.2 Å². The molecule has 2 atom stereocenters. The molecule has 1 fully saturated rings. The van der Waals surface area contributed by atoms with Crippen molar-refractivity contribution in [1.29, 1.82) is 0 Å². The first-order valence-electron chi connectivity index (χ1n) is 11.3. The number of rotatable bonds is 8. The van der Waals surface area contributed by atoms with Crippen LogP contribution in [-0.4, -0.2) is 57.8 Å². The first kappa shape index (κ1) is 21.7. The number of imidazole rings is 1. The van der Waals surface area contributed by atoms with Crippen LogP contribution in [0.4, 0.5) is 5.95 Å². The number of nitrogens with one attached hydrogen (secondary N) is 1. The summed E-state index contributed by atoms with van der Waals surface area (Å²) in [6, 6.07) is 14.9. The first-order chi connectivity index (χ1) is 15.0. The summed E-state index contributed by atoms with van der Waals surface area (Å²) in [5, 5.41) is 3.72. The predicted molar refractivity (Wildman–Crippen MR) is 125 cm³/mol. The fraction of sp³-hybridized carbons (Fsp3) is 0.500. The highest BCUT2D eigenvalue weighted by Crippen LogP contribution is 2.30. The van der Waals surface area contributed by atoms with E-state index in [1.54, 1.807) is 0 Å². The lowest BCUT2D eigenvalue weighted by molar-refractivity contribution is 0.0419. The minimum atomic E-state index is -0.335. The number of pyridine rings is 1. The molecular weight excluding hydrogens is 388 g/mol. The van der Waals surface area contributed by atoms with Gasteiger partial charge in [-0.05, 0) is 57.9 Å². The summed E-state index contributed by atoms with van der Waals surface area (Å²) in [6.45, 7) is 9.73. The highest BCUT2D eigenvalue weighted by Gasteiger charge is 2.26. The number of nitrogens with two attached hydrogens (primary N) is 1. The van der Waals surface area contributed by atoms with Crippen LogP contribution in [-0.2, 0) is 4.74 Å². The van der Waals surface area contributed by atoms with E-state index in [1.165, 1.54) is 0 Å². The van der Waals surface area contributed by atoms with E-state index >= 15 is 0 Å². The van der Waals surface area contributed by atoms with Crippen LogP contribution in [0.3, 0.4) is 0 Å². The number of benzene rings is 1. The summed E-state index contributed by atoms with van der Waals surface area (Å²) >= 11 is 0. The van der Waals surface area contributed by atoms with Crippen molar-refractivity contribution in [3.63, 3.8) is 0 Å². The second-order valence-corrected chi connectivity index (χ2v) is 8.50. The zero-order valence-electron chi connectivity index (χ0n) is 18.8. The summed E-state index contributed by atoms with van der Waals surface area (Å²) < 4.78 is 8.39. The Balaban J connectivity index is 1.64. The molecule has 1 aromatic carbocycles. The van der Waals surface area contributed by atoms with Crippen LogP contribution >= 0.6 is 0 Å². The molecule has 1 aliphatic rings. The van der Waals surface area contributed by atoms with Crippen molar-refractivity contribution in [2.24, 2.45) is 5.73 Å². The molecule has 166 valence electrons. The Morgan fingerprint density at radius 3 is 2.61 bits per heavy atom. The second kappa shape index (κ2) is 9.77. The van der Waals surface area contributed by atoms with Crippen LogP contribution in [0.25, 0.3) is 11.0 Å². The molecule has 0 saturated carbocycles. The normalized spacial score (nSPS) is 17.7. The molecule has 2 aromatic heterocycles. The van der Waals surface area contributed by atoms with Crippen LogP contribution in [0.5, 0.6) is 0 Å². The number of hydrogen-bond acceptors (Lipinski definition) is 6. The number of ether oxygens (including phenoxy) is 1. The Kier molecular flexibility index (Phi) is 6.85. The molecule has 3 heterocycles. The second-order valence-electron chi connectivity index (χ2n) is 8.50. The maximum atomic E-state index is 6.22. The molecule has 4 rings (SSSR count). The minimum Gasteiger partial charge on any atom is -0.353 e. The molecule has 7 heteroatoms. The molecule has 0 radical (unpaired) electrons. The molecule has 2 unspecified atom stereocenters. The molecule has 1 aliphatic heterocycles. The number of para-hydroxylation sites is 2. The quantitative estimate of drug-likeness (QED) is 0.578. The first-order valence-corrected chi connectivity index (χ1v) is 11.3. The smallest absolute Gasteiger partial charge is 0.206 e. The van der Waals surface area contributed by atoms with Gasteiger partial charge in [-0.3, -0.25) is 9.55 Å². The van der Waals surface area contributed by atoms with Crippen molar-refractivity contribution in [1.82, 2.24) is 19.4 Å². The summed E-state index contributed by atoms with van der Waals surface area (Å²) in [4.78, 5) is 12.1. The highest BCUT2D eigenvalue weighted by molar-refractivity contribution is 5.79. The van der Waals surface area contributed by atoms with Crippen LogP contribution in [0.2, 0.25) is 0 Å². The SMILES string of the molecule is CCOC(c1cccc(C)n1)n1c(NC2CCN(CC(C)N)CC2)nc2ccccc21. The highest BCUT2D eigenvalue weighted by atomic mass is 16.5. The largest absolute Gasteiger partial charge is 0.353 e. The van der Waals surface area contributed by atoms with Crippen molar-refractivity contribution < 1.29 is 4.74 Å². The van der Waals surface area contributed by atoms with Gasteiger partial charge in [0.25, 0.3) is 0 Å². The van der Waals surface area contributed by atoms with Crippen molar-refractivity contribution in [2.75, 3.05) is 31.6 Å². The zero-order valence-corrected chi connectivity index (χ0v) is 18.8. The van der Waals surface area contributed by atoms with E-state index in [2.05, 4.69) is 33.8 Å². The molecule has 0 bridgehead atoms. The third kappa shape index (κ3) is 5.06. The van der Waals surface area contributed by atoms with Crippen LogP contribution in [0.1, 0.15) is 44.3 Å². The van der Waals surface area contributed by atoms with Gasteiger partial charge in [-0.15, -0.1) is 0 Å². The predicted octanol–water partition coefficient (Wildman–Crippen LogP) is 3.55. The van der Waals surface area contributed by atoms with Crippen LogP contribution in [0, 0.1) is 6.92 Å². The van der Waals surface area contributed by atoms with Gasteiger partial charge in [0, 0.05) is 44.0 Å². The number of hydrogen-bond donors (Lipinski definition) is 2. The number of aromatic nitrogens is 3. The van der Waals surface area contributed by atoms with Gasteiger partial charge in [0.1, 0.15) is 0 Å². The maximum Gasteiger partial charge on any atom is 0.206 e. The van der Waals surface area contributed by atoms with Gasteiger partial charge in [0.05, 0.1) is 16.7 Å². The topological polar surface area (TPSA) is 81.2 Å². The number of aryl methyl sites for hydroxylation is 1. The Bertz CT molecular complexity index is 993. The summed E-state index contributed by atoms with van der Waals surface area (Å²) in [7, 11) is 0. The molecular formula is C24H34N6O. The van der Waals surface area contributed by atoms with Crippen molar-refractivity contribution in [3.8, 4) is 0 Å². The molecule has 3 aromatic rings. The van der Waals surface area contributed by atoms with E-state index < -0.39 is 0 Å². The fourth-order valence-corrected chi connectivity index (χ4v) is 4.39. The number of nitrogens with zero attached hydrogens (tertiary/aromatic N) is 4. The van der Waals surface area contributed by atoms with E-state index in [9.17, 15) is 0 Å². The summed E-state index contributed by atoms with van der Waals surface area (Å²) in [5.74, 6) is 0.841. The van der Waals surface area contributed by atoms with E-state index in [0.717, 1.165) is 60.8 Å². The third-order valence-electron chi connectivity index (χ3n) is 5.78. The van der Waals surface area contributed by atoms with E-state index in [0.29, 0.717) is 12.6 Å². The van der Waals surface area contributed by atoms with Crippen LogP contribution in [0.15, 0.2) is 42.5 Å². The van der Waals surface area contributed by atoms with Crippen molar-refractivity contribution in [3.05, 3.63) is 53.9 Å². The Hall–Kier alpha value is -2.48. The summed E-state index contributed by atoms with van der Waals surface area (Å²) in [6.07, 6.45) is 1.80. The van der Waals surface area contributed by atoms with E-state index in [-0.39, 0.29) is 12.3 Å². The Morgan fingerprint density at radius 2 is 1.90 bits per heavy atom. The average molecular weight is 423 g/mol. The summed E-state index contributed by atoms with van der Waals surface area (Å²) in [5.41, 5.74) is 9.84. The molecule has 3 N–H and O–H groups in total. The van der Waals surface area contributed by atoms with E-state index in [4.69, 9.17) is 20.4 Å². The molecule has 1 saturated heterocycles. The molecule has 7 nitrogen and oxygen atoms in total. The van der Waals surface area contributed by atoms with Gasteiger partial charge in [0.15, 0.2) is 6.23 Å². The van der Waals surface area contributed by atoms with Gasteiger partial charge in [-0.2, -0.15) is 0 Å². The van der Waals surface area contributed by atoms with Crippen molar-refractivity contribution in [2.45, 2.75) is 51.9 Å². The number of piperidine rings is 1. The third-order valence-corrected chi connectivity index (χ3v) is 5.78. The number of likely N-dealkylation sites (tertiary alicyclic amines) is 1. The van der Waals surface area contributed by atoms with Gasteiger partial charge < -0.3 is 20.7 Å². The van der Waals surface area contributed by atoms with Crippen molar-refractivity contribution >= 4 is 17.0 Å². The average Bonchev–Trinajstić information content (AvgIpc) is 3.10. The standard InChI is InChI=1S/C24H34N6O/c1-4-31-23(21-10-7-8-18(3)26-21)30-22-11-6-5-9-20(22)28-24(30)27-19-12-14-29(15-13-19)16-17(2)25/h5-11,17,19,23H,4,12-16,25H2,1-3H3,(H,27,28). The number of anilines is 1. The molecule has 0 amide bonds. The molecule has 31 heavy (non-hydrogen) atoms. The fourth-order valence-electron chi connectivity index (χ4n) is 4.39. The molecule has 0 spiro atoms. The van der Waals surface area contributed by atoms with Gasteiger partial charge in [-0.1, -0.05) is 18.2 Å². The van der Waals surface area contributed by atoms with Gasteiger partial charge in [0.2, 0.25) is 5.95 Å². The lowest BCUT2D eigenvalue weighted by Gasteiger charge is -2.33. The lowest BCUT2D eigenvalue weighted by atomic mass is 10.0. The van der Waals surface area contributed by atoms with Crippen LogP contribution < -0.4 is 11.1 Å². The maximum absolute atomic E-state index is 6.22.